The molecule has 0 aliphatic rings. The molecule has 0 aliphatic carbocycles. The number of anilines is 1. The van der Waals surface area contributed by atoms with Crippen LogP contribution in [-0.4, -0.2) is 37.4 Å². The van der Waals surface area contributed by atoms with Crippen LogP contribution in [0, 0.1) is 5.82 Å². The van der Waals surface area contributed by atoms with E-state index in [-0.39, 0.29) is 18.0 Å². The second-order valence-electron chi connectivity index (χ2n) is 5.58. The third kappa shape index (κ3) is 5.10. The van der Waals surface area contributed by atoms with Crippen LogP contribution < -0.4 is 10.2 Å². The van der Waals surface area contributed by atoms with Gasteiger partial charge in [-0.3, -0.25) is 0 Å². The van der Waals surface area contributed by atoms with Gasteiger partial charge in [0.1, 0.15) is 5.82 Å². The average Bonchev–Trinajstić information content (AvgIpc) is 2.44. The van der Waals surface area contributed by atoms with Crippen LogP contribution >= 0.6 is 0 Å². The number of likely N-dealkylation sites (N-methyl/N-ethyl adjacent to an activating group) is 1. The Morgan fingerprint density at radius 2 is 2.00 bits per heavy atom. The highest BCUT2D eigenvalue weighted by atomic mass is 19.1. The van der Waals surface area contributed by atoms with Crippen molar-refractivity contribution in [3.05, 3.63) is 30.1 Å². The van der Waals surface area contributed by atoms with Crippen LogP contribution in [0.25, 0.3) is 0 Å². The van der Waals surface area contributed by atoms with Crippen LogP contribution in [0.15, 0.2) is 24.3 Å². The second kappa shape index (κ2) is 8.22. The fourth-order valence-corrected chi connectivity index (χ4v) is 2.40. The molecule has 1 aromatic carbocycles. The first-order chi connectivity index (χ1) is 9.52. The number of aliphatic hydroxyl groups is 1. The number of rotatable bonds is 9. The first kappa shape index (κ1) is 16.9. The van der Waals surface area contributed by atoms with Crippen LogP contribution in [0.1, 0.15) is 33.1 Å². The van der Waals surface area contributed by atoms with E-state index in [2.05, 4.69) is 5.32 Å². The van der Waals surface area contributed by atoms with Crippen LogP contribution in [-0.2, 0) is 0 Å². The summed E-state index contributed by atoms with van der Waals surface area (Å²) < 4.78 is 13.6. The van der Waals surface area contributed by atoms with E-state index in [1.807, 2.05) is 31.9 Å². The summed E-state index contributed by atoms with van der Waals surface area (Å²) >= 11 is 0. The summed E-state index contributed by atoms with van der Waals surface area (Å²) in [6.07, 6.45) is 2.90. The molecule has 0 saturated heterocycles. The van der Waals surface area contributed by atoms with Gasteiger partial charge in [0.25, 0.3) is 0 Å². The first-order valence-corrected chi connectivity index (χ1v) is 7.34. The van der Waals surface area contributed by atoms with Gasteiger partial charge in [-0.2, -0.15) is 0 Å². The fraction of sp³-hybridized carbons (Fsp3) is 0.625. The monoisotopic (exact) mass is 282 g/mol. The fourth-order valence-electron chi connectivity index (χ4n) is 2.40. The SMILES string of the molecule is CCNC(C)(CO)CCCCN(C)c1ccccc1F. The van der Waals surface area contributed by atoms with Gasteiger partial charge in [0, 0.05) is 19.1 Å². The molecule has 3 nitrogen and oxygen atoms in total. The van der Waals surface area contributed by atoms with Gasteiger partial charge in [0.2, 0.25) is 0 Å². The normalized spacial score (nSPS) is 14.1. The number of hydrogen-bond donors (Lipinski definition) is 2. The van der Waals surface area contributed by atoms with E-state index in [0.717, 1.165) is 32.4 Å². The molecule has 0 aromatic heterocycles. The van der Waals surface area contributed by atoms with Gasteiger partial charge in [-0.25, -0.2) is 4.39 Å². The van der Waals surface area contributed by atoms with Crippen molar-refractivity contribution >= 4 is 5.69 Å². The van der Waals surface area contributed by atoms with E-state index in [9.17, 15) is 9.50 Å². The summed E-state index contributed by atoms with van der Waals surface area (Å²) in [6.45, 7) is 5.89. The third-order valence-electron chi connectivity index (χ3n) is 3.69. The molecule has 1 unspecified atom stereocenters. The molecule has 2 N–H and O–H groups in total. The predicted octanol–water partition coefficient (Wildman–Crippen LogP) is 2.79. The van der Waals surface area contributed by atoms with E-state index < -0.39 is 0 Å². The summed E-state index contributed by atoms with van der Waals surface area (Å²) in [5.41, 5.74) is 0.440. The van der Waals surface area contributed by atoms with E-state index in [0.29, 0.717) is 5.69 Å². The lowest BCUT2D eigenvalue weighted by Gasteiger charge is -2.29. The molecule has 4 heteroatoms. The molecule has 0 aliphatic heterocycles. The quantitative estimate of drug-likeness (QED) is 0.684. The van der Waals surface area contributed by atoms with E-state index in [1.54, 1.807) is 12.1 Å². The van der Waals surface area contributed by atoms with E-state index >= 15 is 0 Å². The van der Waals surface area contributed by atoms with Crippen molar-refractivity contribution in [2.45, 2.75) is 38.6 Å². The zero-order chi connectivity index (χ0) is 15.0. The Morgan fingerprint density at radius 1 is 1.30 bits per heavy atom. The highest BCUT2D eigenvalue weighted by Crippen LogP contribution is 2.18. The zero-order valence-corrected chi connectivity index (χ0v) is 12.8. The standard InChI is InChI=1S/C16H27FN2O/c1-4-18-16(2,13-20)11-7-8-12-19(3)15-10-6-5-9-14(15)17/h5-6,9-10,18,20H,4,7-8,11-13H2,1-3H3. The maximum absolute atomic E-state index is 13.6. The molecule has 1 aromatic rings. The number of aliphatic hydroxyl groups excluding tert-OH is 1. The van der Waals surface area contributed by atoms with Crippen LogP contribution in [0.2, 0.25) is 0 Å². The smallest absolute Gasteiger partial charge is 0.146 e. The summed E-state index contributed by atoms with van der Waals surface area (Å²) in [7, 11) is 1.91. The Hall–Kier alpha value is -1.13. The van der Waals surface area contributed by atoms with Gasteiger partial charge in [0.05, 0.1) is 12.3 Å². The predicted molar refractivity (Wildman–Crippen MR) is 82.7 cm³/mol. The topological polar surface area (TPSA) is 35.5 Å². The number of halogens is 1. The van der Waals surface area contributed by atoms with Gasteiger partial charge in [-0.15, -0.1) is 0 Å². The molecule has 20 heavy (non-hydrogen) atoms. The second-order valence-corrected chi connectivity index (χ2v) is 5.58. The molecule has 0 radical (unpaired) electrons. The van der Waals surface area contributed by atoms with E-state index in [4.69, 9.17) is 0 Å². The van der Waals surface area contributed by atoms with Crippen LogP contribution in [0.5, 0.6) is 0 Å². The van der Waals surface area contributed by atoms with Gasteiger partial charge < -0.3 is 15.3 Å². The molecular weight excluding hydrogens is 255 g/mol. The van der Waals surface area contributed by atoms with Crippen molar-refractivity contribution in [1.29, 1.82) is 0 Å². The number of nitrogens with zero attached hydrogens (tertiary/aromatic N) is 1. The molecule has 0 heterocycles. The minimum Gasteiger partial charge on any atom is -0.394 e. The van der Waals surface area contributed by atoms with Gasteiger partial charge >= 0.3 is 0 Å². The highest BCUT2D eigenvalue weighted by molar-refractivity contribution is 5.46. The molecule has 0 saturated carbocycles. The van der Waals surface area contributed by atoms with Crippen LogP contribution in [0.4, 0.5) is 10.1 Å². The van der Waals surface area contributed by atoms with Crippen LogP contribution in [0.3, 0.4) is 0 Å². The molecule has 0 spiro atoms. The Bertz CT molecular complexity index is 400. The summed E-state index contributed by atoms with van der Waals surface area (Å²) in [6, 6.07) is 6.84. The highest BCUT2D eigenvalue weighted by Gasteiger charge is 2.20. The van der Waals surface area contributed by atoms with Crippen molar-refractivity contribution in [3.8, 4) is 0 Å². The molecule has 0 bridgehead atoms. The molecule has 114 valence electrons. The summed E-state index contributed by atoms with van der Waals surface area (Å²) in [5.74, 6) is -0.178. The Balaban J connectivity index is 2.36. The molecule has 0 fully saturated rings. The van der Waals surface area contributed by atoms with Gasteiger partial charge in [-0.1, -0.05) is 19.1 Å². The largest absolute Gasteiger partial charge is 0.394 e. The Kier molecular flexibility index (Phi) is 6.96. The number of hydrogen-bond acceptors (Lipinski definition) is 3. The zero-order valence-electron chi connectivity index (χ0n) is 12.8. The summed E-state index contributed by atoms with van der Waals surface area (Å²) in [5, 5.41) is 12.7. The molecular formula is C16H27FN2O. The number of benzene rings is 1. The van der Waals surface area contributed by atoms with Gasteiger partial charge in [0.15, 0.2) is 0 Å². The Labute approximate surface area is 121 Å². The van der Waals surface area contributed by atoms with Crippen molar-refractivity contribution in [1.82, 2.24) is 5.32 Å². The third-order valence-corrected chi connectivity index (χ3v) is 3.69. The maximum Gasteiger partial charge on any atom is 0.146 e. The van der Waals surface area contributed by atoms with E-state index in [1.165, 1.54) is 6.07 Å². The lowest BCUT2D eigenvalue weighted by Crippen LogP contribution is -2.45. The average molecular weight is 282 g/mol. The molecule has 0 amide bonds. The van der Waals surface area contributed by atoms with Crippen molar-refractivity contribution < 1.29 is 9.50 Å². The summed E-state index contributed by atoms with van der Waals surface area (Å²) in [4.78, 5) is 1.94. The van der Waals surface area contributed by atoms with Gasteiger partial charge in [-0.05, 0) is 44.9 Å². The number of para-hydroxylation sites is 1. The van der Waals surface area contributed by atoms with Crippen molar-refractivity contribution in [2.24, 2.45) is 0 Å². The first-order valence-electron chi connectivity index (χ1n) is 7.34. The molecule has 1 atom stereocenters. The molecule has 1 rings (SSSR count). The van der Waals surface area contributed by atoms with Crippen molar-refractivity contribution in [2.75, 3.05) is 31.6 Å². The lowest BCUT2D eigenvalue weighted by molar-refractivity contribution is 0.165. The van der Waals surface area contributed by atoms with Crippen molar-refractivity contribution in [3.63, 3.8) is 0 Å². The Morgan fingerprint density at radius 3 is 2.60 bits per heavy atom. The maximum atomic E-state index is 13.6. The minimum atomic E-state index is -0.203. The minimum absolute atomic E-state index is 0.143. The number of nitrogens with one attached hydrogen (secondary N) is 1. The number of unbranched alkanes of at least 4 members (excludes halogenated alkanes) is 1. The lowest BCUT2D eigenvalue weighted by atomic mass is 9.95.